The minimum absolute atomic E-state index is 0.226. The van der Waals surface area contributed by atoms with Crippen LogP contribution in [-0.4, -0.2) is 18.0 Å². The maximum Gasteiger partial charge on any atom is 0.343 e. The number of ether oxygens (including phenoxy) is 2. The fourth-order valence-electron chi connectivity index (χ4n) is 3.51. The maximum atomic E-state index is 12.7. The van der Waals surface area contributed by atoms with Gasteiger partial charge in [-0.3, -0.25) is 0 Å². The standard InChI is InChI=1S/C20H18O5/c1-20(22)11-14(12-7-3-5-9-15(12)23-2)17-18(25-20)13-8-4-6-10-16(13)24-19(17)21/h3-10,14,22H,11H2,1-2H3. The largest absolute Gasteiger partial charge is 0.496 e. The van der Waals surface area contributed by atoms with Gasteiger partial charge in [-0.25, -0.2) is 4.79 Å². The molecule has 2 unspecified atom stereocenters. The predicted molar refractivity (Wildman–Crippen MR) is 93.2 cm³/mol. The smallest absolute Gasteiger partial charge is 0.343 e. The summed E-state index contributed by atoms with van der Waals surface area (Å²) >= 11 is 0. The van der Waals surface area contributed by atoms with Gasteiger partial charge in [-0.15, -0.1) is 0 Å². The average molecular weight is 338 g/mol. The molecule has 5 nitrogen and oxygen atoms in total. The summed E-state index contributed by atoms with van der Waals surface area (Å²) in [4.78, 5) is 12.7. The number of para-hydroxylation sites is 2. The Morgan fingerprint density at radius 3 is 2.68 bits per heavy atom. The summed E-state index contributed by atoms with van der Waals surface area (Å²) in [6.07, 6.45) is 0.226. The van der Waals surface area contributed by atoms with Crippen LogP contribution in [0, 0.1) is 0 Å². The fraction of sp³-hybridized carbons (Fsp3) is 0.250. The van der Waals surface area contributed by atoms with Crippen molar-refractivity contribution in [2.24, 2.45) is 0 Å². The first-order chi connectivity index (χ1) is 12.0. The lowest BCUT2D eigenvalue weighted by Crippen LogP contribution is -2.40. The van der Waals surface area contributed by atoms with Crippen LogP contribution in [0.4, 0.5) is 0 Å². The van der Waals surface area contributed by atoms with E-state index in [4.69, 9.17) is 13.9 Å². The number of hydrogen-bond donors (Lipinski definition) is 1. The van der Waals surface area contributed by atoms with E-state index < -0.39 is 17.3 Å². The Kier molecular flexibility index (Phi) is 3.54. The molecule has 1 aliphatic heterocycles. The summed E-state index contributed by atoms with van der Waals surface area (Å²) in [5.74, 6) is -0.770. The minimum atomic E-state index is -1.41. The van der Waals surface area contributed by atoms with Gasteiger partial charge < -0.3 is 19.0 Å². The molecule has 1 aromatic heterocycles. The molecular formula is C20H18O5. The maximum absolute atomic E-state index is 12.7. The van der Waals surface area contributed by atoms with Crippen molar-refractivity contribution < 1.29 is 19.0 Å². The third kappa shape index (κ3) is 2.57. The van der Waals surface area contributed by atoms with Gasteiger partial charge in [0.15, 0.2) is 0 Å². The van der Waals surface area contributed by atoms with Crippen LogP contribution in [0.1, 0.15) is 30.4 Å². The SMILES string of the molecule is COc1ccccc1C1CC(C)(O)Oc2c1c(=O)oc1ccccc21. The molecule has 25 heavy (non-hydrogen) atoms. The highest BCUT2D eigenvalue weighted by molar-refractivity contribution is 5.85. The van der Waals surface area contributed by atoms with Crippen LogP contribution in [0.15, 0.2) is 57.7 Å². The van der Waals surface area contributed by atoms with E-state index in [-0.39, 0.29) is 6.42 Å². The molecule has 3 aromatic rings. The van der Waals surface area contributed by atoms with Crippen molar-refractivity contribution in [2.75, 3.05) is 7.11 Å². The summed E-state index contributed by atoms with van der Waals surface area (Å²) < 4.78 is 16.7. The molecule has 128 valence electrons. The highest BCUT2D eigenvalue weighted by Gasteiger charge is 2.40. The molecule has 0 bridgehead atoms. The molecule has 0 spiro atoms. The molecule has 0 radical (unpaired) electrons. The van der Waals surface area contributed by atoms with Crippen molar-refractivity contribution in [3.8, 4) is 11.5 Å². The summed E-state index contributed by atoms with van der Waals surface area (Å²) in [5.41, 5.74) is 1.20. The molecule has 0 fully saturated rings. The minimum Gasteiger partial charge on any atom is -0.496 e. The lowest BCUT2D eigenvalue weighted by atomic mass is 9.83. The lowest BCUT2D eigenvalue weighted by Gasteiger charge is -2.36. The lowest BCUT2D eigenvalue weighted by molar-refractivity contribution is -0.136. The van der Waals surface area contributed by atoms with E-state index in [2.05, 4.69) is 0 Å². The second kappa shape index (κ2) is 5.63. The van der Waals surface area contributed by atoms with Gasteiger partial charge in [-0.1, -0.05) is 30.3 Å². The number of methoxy groups -OCH3 is 1. The van der Waals surface area contributed by atoms with Gasteiger partial charge in [0.25, 0.3) is 0 Å². The first kappa shape index (κ1) is 15.7. The fourth-order valence-corrected chi connectivity index (χ4v) is 3.51. The first-order valence-electron chi connectivity index (χ1n) is 8.10. The molecule has 0 amide bonds. The van der Waals surface area contributed by atoms with Crippen molar-refractivity contribution in [3.63, 3.8) is 0 Å². The molecule has 4 rings (SSSR count). The van der Waals surface area contributed by atoms with E-state index in [0.717, 1.165) is 5.56 Å². The van der Waals surface area contributed by atoms with Crippen molar-refractivity contribution in [1.82, 2.24) is 0 Å². The van der Waals surface area contributed by atoms with Crippen LogP contribution in [0.25, 0.3) is 11.0 Å². The van der Waals surface area contributed by atoms with Gasteiger partial charge in [0.05, 0.1) is 18.1 Å². The molecule has 0 saturated heterocycles. The van der Waals surface area contributed by atoms with Crippen LogP contribution in [0.5, 0.6) is 11.5 Å². The third-order valence-electron chi connectivity index (χ3n) is 4.57. The van der Waals surface area contributed by atoms with E-state index in [1.54, 1.807) is 26.2 Å². The highest BCUT2D eigenvalue weighted by atomic mass is 16.6. The Bertz CT molecular complexity index is 1000. The Morgan fingerprint density at radius 2 is 1.88 bits per heavy atom. The Hall–Kier alpha value is -2.79. The molecule has 2 aromatic carbocycles. The quantitative estimate of drug-likeness (QED) is 0.725. The van der Waals surface area contributed by atoms with Crippen LogP contribution < -0.4 is 15.1 Å². The zero-order valence-corrected chi connectivity index (χ0v) is 14.0. The number of benzene rings is 2. The normalized spacial score (nSPS) is 22.3. The molecule has 5 heteroatoms. The monoisotopic (exact) mass is 338 g/mol. The zero-order chi connectivity index (χ0) is 17.6. The van der Waals surface area contributed by atoms with E-state index in [0.29, 0.717) is 28.0 Å². The molecule has 1 N–H and O–H groups in total. The molecule has 0 aliphatic carbocycles. The number of fused-ring (bicyclic) bond motifs is 3. The summed E-state index contributed by atoms with van der Waals surface area (Å²) in [7, 11) is 1.58. The third-order valence-corrected chi connectivity index (χ3v) is 4.57. The van der Waals surface area contributed by atoms with Gasteiger partial charge in [0, 0.05) is 24.8 Å². The van der Waals surface area contributed by atoms with Gasteiger partial charge in [-0.2, -0.15) is 0 Å². The summed E-state index contributed by atoms with van der Waals surface area (Å²) in [6.45, 7) is 1.60. The second-order valence-electron chi connectivity index (χ2n) is 6.40. The highest BCUT2D eigenvalue weighted by Crippen LogP contribution is 2.46. The average Bonchev–Trinajstić information content (AvgIpc) is 2.60. The Labute approximate surface area is 144 Å². The summed E-state index contributed by atoms with van der Waals surface area (Å²) in [5, 5.41) is 11.3. The molecule has 2 atom stereocenters. The van der Waals surface area contributed by atoms with Gasteiger partial charge in [0.2, 0.25) is 5.79 Å². The molecular weight excluding hydrogens is 320 g/mol. The van der Waals surface area contributed by atoms with Gasteiger partial charge in [0.1, 0.15) is 17.1 Å². The molecule has 1 aliphatic rings. The van der Waals surface area contributed by atoms with E-state index >= 15 is 0 Å². The number of rotatable bonds is 2. The van der Waals surface area contributed by atoms with Gasteiger partial charge in [-0.05, 0) is 18.2 Å². The first-order valence-corrected chi connectivity index (χ1v) is 8.10. The van der Waals surface area contributed by atoms with Crippen LogP contribution in [-0.2, 0) is 0 Å². The van der Waals surface area contributed by atoms with Crippen molar-refractivity contribution >= 4 is 11.0 Å². The summed E-state index contributed by atoms with van der Waals surface area (Å²) in [6, 6.07) is 14.6. The van der Waals surface area contributed by atoms with Crippen LogP contribution in [0.3, 0.4) is 0 Å². The van der Waals surface area contributed by atoms with Crippen LogP contribution in [0.2, 0.25) is 0 Å². The zero-order valence-electron chi connectivity index (χ0n) is 14.0. The van der Waals surface area contributed by atoms with Crippen molar-refractivity contribution in [3.05, 3.63) is 70.1 Å². The number of aliphatic hydroxyl groups is 1. The van der Waals surface area contributed by atoms with E-state index in [9.17, 15) is 9.90 Å². The second-order valence-corrected chi connectivity index (χ2v) is 6.40. The Balaban J connectivity index is 2.04. The van der Waals surface area contributed by atoms with Crippen molar-refractivity contribution in [1.29, 1.82) is 0 Å². The van der Waals surface area contributed by atoms with Gasteiger partial charge >= 0.3 is 5.63 Å². The van der Waals surface area contributed by atoms with Crippen molar-refractivity contribution in [2.45, 2.75) is 25.0 Å². The van der Waals surface area contributed by atoms with E-state index in [1.165, 1.54) is 0 Å². The van der Waals surface area contributed by atoms with E-state index in [1.807, 2.05) is 36.4 Å². The predicted octanol–water partition coefficient (Wildman–Crippen LogP) is 3.42. The Morgan fingerprint density at radius 1 is 1.16 bits per heavy atom. The number of hydrogen-bond acceptors (Lipinski definition) is 5. The van der Waals surface area contributed by atoms with Crippen LogP contribution >= 0.6 is 0 Å². The topological polar surface area (TPSA) is 68.9 Å². The molecule has 0 saturated carbocycles. The molecule has 2 heterocycles.